The SMILES string of the molecule is Cc1cccc(OCC(=O)OCC(=O)N(CCC#N)C23CC4CC(CC(C4)C2)C3)c1. The van der Waals surface area contributed by atoms with Crippen molar-refractivity contribution in [2.75, 3.05) is 19.8 Å². The molecule has 4 aliphatic rings. The first kappa shape index (κ1) is 20.7. The van der Waals surface area contributed by atoms with E-state index in [0.29, 0.717) is 36.5 Å². The molecule has 0 spiro atoms. The number of nitrogens with zero attached hydrogens (tertiary/aromatic N) is 2. The number of hydrogen-bond donors (Lipinski definition) is 0. The van der Waals surface area contributed by atoms with Crippen LogP contribution in [0.3, 0.4) is 0 Å². The molecule has 1 aromatic rings. The van der Waals surface area contributed by atoms with Crippen LogP contribution in [0.5, 0.6) is 5.75 Å². The zero-order valence-electron chi connectivity index (χ0n) is 17.6. The topological polar surface area (TPSA) is 79.6 Å². The van der Waals surface area contributed by atoms with Crippen LogP contribution >= 0.6 is 0 Å². The van der Waals surface area contributed by atoms with Gasteiger partial charge < -0.3 is 14.4 Å². The van der Waals surface area contributed by atoms with Crippen molar-refractivity contribution in [1.82, 2.24) is 4.90 Å². The van der Waals surface area contributed by atoms with E-state index in [9.17, 15) is 9.59 Å². The average Bonchev–Trinajstić information content (AvgIpc) is 2.70. The Labute approximate surface area is 178 Å². The second-order valence-corrected chi connectivity index (χ2v) is 9.36. The Kier molecular flexibility index (Phi) is 5.99. The van der Waals surface area contributed by atoms with Crippen molar-refractivity contribution in [1.29, 1.82) is 5.26 Å². The van der Waals surface area contributed by atoms with Crippen LogP contribution in [0.1, 0.15) is 50.5 Å². The summed E-state index contributed by atoms with van der Waals surface area (Å²) in [7, 11) is 0. The van der Waals surface area contributed by atoms with E-state index in [1.807, 2.05) is 30.0 Å². The molecule has 4 aliphatic carbocycles. The lowest BCUT2D eigenvalue weighted by atomic mass is 9.52. The number of aryl methyl sites for hydroxylation is 1. The predicted molar refractivity (Wildman–Crippen MR) is 110 cm³/mol. The van der Waals surface area contributed by atoms with Crippen LogP contribution in [0.15, 0.2) is 24.3 Å². The standard InChI is InChI=1S/C24H30N2O4/c1-17-4-2-5-21(8-17)29-16-23(28)30-15-22(27)26(7-3-6-25)24-12-18-9-19(13-24)11-20(10-18)14-24/h2,4-5,8,18-20H,3,7,9-16H2,1H3. The summed E-state index contributed by atoms with van der Waals surface area (Å²) in [5.74, 6) is 1.94. The molecule has 0 radical (unpaired) electrons. The molecular formula is C24H30N2O4. The number of ether oxygens (including phenoxy) is 2. The molecule has 0 heterocycles. The van der Waals surface area contributed by atoms with E-state index in [4.69, 9.17) is 14.7 Å². The third-order valence-corrected chi connectivity index (χ3v) is 7.03. The first-order valence-corrected chi connectivity index (χ1v) is 11.0. The molecule has 30 heavy (non-hydrogen) atoms. The van der Waals surface area contributed by atoms with Crippen molar-refractivity contribution in [3.63, 3.8) is 0 Å². The maximum absolute atomic E-state index is 13.1. The second kappa shape index (κ2) is 8.67. The summed E-state index contributed by atoms with van der Waals surface area (Å²) in [4.78, 5) is 27.1. The Morgan fingerprint density at radius 2 is 1.80 bits per heavy atom. The van der Waals surface area contributed by atoms with Crippen LogP contribution in [0, 0.1) is 36.0 Å². The van der Waals surface area contributed by atoms with Crippen molar-refractivity contribution < 1.29 is 19.1 Å². The highest BCUT2D eigenvalue weighted by atomic mass is 16.6. The van der Waals surface area contributed by atoms with Crippen molar-refractivity contribution >= 4 is 11.9 Å². The van der Waals surface area contributed by atoms with Gasteiger partial charge in [-0.15, -0.1) is 0 Å². The Balaban J connectivity index is 1.35. The van der Waals surface area contributed by atoms with Gasteiger partial charge >= 0.3 is 5.97 Å². The van der Waals surface area contributed by atoms with Gasteiger partial charge in [0, 0.05) is 12.1 Å². The van der Waals surface area contributed by atoms with Crippen molar-refractivity contribution in [2.24, 2.45) is 17.8 Å². The summed E-state index contributed by atoms with van der Waals surface area (Å²) >= 11 is 0. The van der Waals surface area contributed by atoms with E-state index in [1.165, 1.54) is 19.3 Å². The zero-order valence-corrected chi connectivity index (χ0v) is 17.6. The van der Waals surface area contributed by atoms with Gasteiger partial charge in [0.15, 0.2) is 13.2 Å². The zero-order chi connectivity index (χ0) is 21.1. The van der Waals surface area contributed by atoms with E-state index < -0.39 is 5.97 Å². The highest BCUT2D eigenvalue weighted by Gasteiger charge is 2.54. The van der Waals surface area contributed by atoms with Gasteiger partial charge in [-0.05, 0) is 80.9 Å². The van der Waals surface area contributed by atoms with Crippen molar-refractivity contribution in [3.8, 4) is 11.8 Å². The molecule has 4 fully saturated rings. The molecular weight excluding hydrogens is 380 g/mol. The first-order valence-electron chi connectivity index (χ1n) is 11.0. The summed E-state index contributed by atoms with van der Waals surface area (Å²) in [5.41, 5.74) is 0.896. The lowest BCUT2D eigenvalue weighted by Crippen LogP contribution is -2.62. The van der Waals surface area contributed by atoms with Gasteiger partial charge in [0.1, 0.15) is 5.75 Å². The largest absolute Gasteiger partial charge is 0.482 e. The fourth-order valence-electron chi connectivity index (χ4n) is 6.29. The first-order chi connectivity index (χ1) is 14.5. The number of nitriles is 1. The lowest BCUT2D eigenvalue weighted by molar-refractivity contribution is -0.163. The molecule has 4 bridgehead atoms. The number of rotatable bonds is 8. The molecule has 4 saturated carbocycles. The molecule has 0 unspecified atom stereocenters. The number of carbonyl (C=O) groups excluding carboxylic acids is 2. The highest BCUT2D eigenvalue weighted by Crippen LogP contribution is 2.57. The van der Waals surface area contributed by atoms with Gasteiger partial charge in [0.25, 0.3) is 5.91 Å². The minimum Gasteiger partial charge on any atom is -0.482 e. The summed E-state index contributed by atoms with van der Waals surface area (Å²) in [6.45, 7) is 1.85. The fraction of sp³-hybridized carbons (Fsp3) is 0.625. The van der Waals surface area contributed by atoms with E-state index in [-0.39, 0.29) is 24.7 Å². The molecule has 6 heteroatoms. The van der Waals surface area contributed by atoms with Gasteiger partial charge in [-0.3, -0.25) is 4.79 Å². The highest BCUT2D eigenvalue weighted by molar-refractivity contribution is 5.81. The van der Waals surface area contributed by atoms with Crippen LogP contribution in [0.25, 0.3) is 0 Å². The third-order valence-electron chi connectivity index (χ3n) is 7.03. The van der Waals surface area contributed by atoms with E-state index >= 15 is 0 Å². The number of esters is 1. The Hall–Kier alpha value is -2.55. The lowest BCUT2D eigenvalue weighted by Gasteiger charge is -2.60. The van der Waals surface area contributed by atoms with Crippen LogP contribution < -0.4 is 4.74 Å². The van der Waals surface area contributed by atoms with Crippen LogP contribution in [-0.4, -0.2) is 42.1 Å². The molecule has 6 nitrogen and oxygen atoms in total. The molecule has 0 aliphatic heterocycles. The Bertz CT molecular complexity index is 809. The van der Waals surface area contributed by atoms with Gasteiger partial charge in [-0.25, -0.2) is 4.79 Å². The van der Waals surface area contributed by atoms with Gasteiger partial charge in [-0.1, -0.05) is 12.1 Å². The average molecular weight is 411 g/mol. The van der Waals surface area contributed by atoms with Crippen LogP contribution in [0.2, 0.25) is 0 Å². The predicted octanol–water partition coefficient (Wildman–Crippen LogP) is 3.63. The van der Waals surface area contributed by atoms with Crippen molar-refractivity contribution in [3.05, 3.63) is 29.8 Å². The molecule has 0 atom stereocenters. The number of amides is 1. The van der Waals surface area contributed by atoms with Crippen molar-refractivity contribution in [2.45, 2.75) is 57.4 Å². The number of benzene rings is 1. The minimum atomic E-state index is -0.560. The molecule has 0 aromatic heterocycles. The van der Waals surface area contributed by atoms with Crippen LogP contribution in [-0.2, 0) is 14.3 Å². The molecule has 160 valence electrons. The molecule has 5 rings (SSSR count). The second-order valence-electron chi connectivity index (χ2n) is 9.36. The summed E-state index contributed by atoms with van der Waals surface area (Å²) < 4.78 is 10.7. The molecule has 1 amide bonds. The fourth-order valence-corrected chi connectivity index (χ4v) is 6.29. The summed E-state index contributed by atoms with van der Waals surface area (Å²) in [6.07, 6.45) is 7.24. The maximum Gasteiger partial charge on any atom is 0.344 e. The number of hydrogen-bond acceptors (Lipinski definition) is 5. The minimum absolute atomic E-state index is 0.146. The van der Waals surface area contributed by atoms with Gasteiger partial charge in [0.05, 0.1) is 12.5 Å². The maximum atomic E-state index is 13.1. The van der Waals surface area contributed by atoms with E-state index in [0.717, 1.165) is 24.8 Å². The smallest absolute Gasteiger partial charge is 0.344 e. The normalized spacial score (nSPS) is 28.6. The van der Waals surface area contributed by atoms with E-state index in [1.54, 1.807) is 6.07 Å². The van der Waals surface area contributed by atoms with Gasteiger partial charge in [0.2, 0.25) is 0 Å². The Morgan fingerprint density at radius 1 is 1.13 bits per heavy atom. The summed E-state index contributed by atoms with van der Waals surface area (Å²) in [5, 5.41) is 9.10. The van der Waals surface area contributed by atoms with Gasteiger partial charge in [-0.2, -0.15) is 5.26 Å². The molecule has 1 aromatic carbocycles. The molecule has 0 N–H and O–H groups in total. The monoisotopic (exact) mass is 410 g/mol. The third kappa shape index (κ3) is 4.45. The Morgan fingerprint density at radius 3 is 2.40 bits per heavy atom. The quantitative estimate of drug-likeness (QED) is 0.612. The molecule has 0 saturated heterocycles. The van der Waals surface area contributed by atoms with Crippen LogP contribution in [0.4, 0.5) is 0 Å². The van der Waals surface area contributed by atoms with E-state index in [2.05, 4.69) is 6.07 Å². The number of carbonyl (C=O) groups is 2. The summed E-state index contributed by atoms with van der Waals surface area (Å²) in [6, 6.07) is 9.60.